The van der Waals surface area contributed by atoms with E-state index in [1.54, 1.807) is 0 Å². The maximum absolute atomic E-state index is 6.88. The average Bonchev–Trinajstić information content (AvgIpc) is 3.19. The number of ether oxygens (including phenoxy) is 4. The summed E-state index contributed by atoms with van der Waals surface area (Å²) < 4.78 is 27.2. The van der Waals surface area contributed by atoms with Gasteiger partial charge in [0.15, 0.2) is 11.5 Å². The van der Waals surface area contributed by atoms with Crippen molar-refractivity contribution in [3.8, 4) is 23.0 Å². The zero-order valence-electron chi connectivity index (χ0n) is 35.7. The molecule has 0 N–H and O–H groups in total. The standard InChI is InChI=1S/C50H82O4/c1-5-9-13-17-21-25-31-39-51-46-38-37-45-47(50(46)54-42-34-28-24-20-16-12-8-4)49(53-41-33-27-23-19-15-11-7-3)44-36-30-29-35-43(44)48(45)52-40-32-26-22-18-14-10-6-2/h29-30,35-38H,5-28,31-34,39-42H2,1-4H3. The van der Waals surface area contributed by atoms with Gasteiger partial charge in [0, 0.05) is 16.2 Å². The summed E-state index contributed by atoms with van der Waals surface area (Å²) in [4.78, 5) is 0. The number of benzene rings is 3. The monoisotopic (exact) mass is 747 g/mol. The summed E-state index contributed by atoms with van der Waals surface area (Å²) in [5.74, 6) is 3.55. The molecule has 0 aliphatic rings. The van der Waals surface area contributed by atoms with Gasteiger partial charge in [-0.25, -0.2) is 0 Å². The Morgan fingerprint density at radius 1 is 0.296 bits per heavy atom. The fourth-order valence-electron chi connectivity index (χ4n) is 7.64. The molecule has 4 heteroatoms. The average molecular weight is 747 g/mol. The summed E-state index contributed by atoms with van der Waals surface area (Å²) in [7, 11) is 0. The van der Waals surface area contributed by atoms with E-state index in [0.717, 1.165) is 76.8 Å². The molecular weight excluding hydrogens is 665 g/mol. The van der Waals surface area contributed by atoms with Crippen LogP contribution in [0.25, 0.3) is 21.5 Å². The van der Waals surface area contributed by atoms with Gasteiger partial charge in [0.2, 0.25) is 0 Å². The first-order valence-electron chi connectivity index (χ1n) is 23.3. The van der Waals surface area contributed by atoms with Crippen LogP contribution in [0.3, 0.4) is 0 Å². The smallest absolute Gasteiger partial charge is 0.172 e. The van der Waals surface area contributed by atoms with E-state index in [1.165, 1.54) is 154 Å². The molecule has 0 bridgehead atoms. The third kappa shape index (κ3) is 17.5. The van der Waals surface area contributed by atoms with E-state index in [1.807, 2.05) is 0 Å². The summed E-state index contributed by atoms with van der Waals surface area (Å²) in [5.41, 5.74) is 0. The Hall–Kier alpha value is -2.62. The van der Waals surface area contributed by atoms with E-state index in [2.05, 4.69) is 64.1 Å². The van der Waals surface area contributed by atoms with Crippen LogP contribution in [0, 0.1) is 0 Å². The SMILES string of the molecule is CCCCCCCCCOc1ccc2c(OCCCCCCCCC)c3ccccc3c(OCCCCCCCCC)c2c1OCCCCCCCCC. The predicted octanol–water partition coefficient (Wildman–Crippen LogP) is 16.5. The minimum Gasteiger partial charge on any atom is -0.492 e. The van der Waals surface area contributed by atoms with Crippen LogP contribution in [0.1, 0.15) is 207 Å². The summed E-state index contributed by atoms with van der Waals surface area (Å²) in [6.45, 7) is 11.9. The van der Waals surface area contributed by atoms with Crippen molar-refractivity contribution in [1.82, 2.24) is 0 Å². The fourth-order valence-corrected chi connectivity index (χ4v) is 7.64. The van der Waals surface area contributed by atoms with Gasteiger partial charge in [-0.3, -0.25) is 0 Å². The lowest BCUT2D eigenvalue weighted by Gasteiger charge is -2.22. The summed E-state index contributed by atoms with van der Waals surface area (Å²) >= 11 is 0. The lowest BCUT2D eigenvalue weighted by atomic mass is 9.99. The second-order valence-electron chi connectivity index (χ2n) is 15.9. The van der Waals surface area contributed by atoms with E-state index >= 15 is 0 Å². The molecule has 0 fully saturated rings. The number of rotatable bonds is 36. The van der Waals surface area contributed by atoms with E-state index in [-0.39, 0.29) is 0 Å². The van der Waals surface area contributed by atoms with E-state index in [0.29, 0.717) is 19.8 Å². The molecule has 0 aliphatic heterocycles. The number of hydrogen-bond donors (Lipinski definition) is 0. The van der Waals surface area contributed by atoms with Crippen molar-refractivity contribution in [2.45, 2.75) is 207 Å². The van der Waals surface area contributed by atoms with Crippen molar-refractivity contribution >= 4 is 21.5 Å². The fraction of sp³-hybridized carbons (Fsp3) is 0.720. The second kappa shape index (κ2) is 30.6. The molecule has 3 aromatic carbocycles. The highest BCUT2D eigenvalue weighted by molar-refractivity contribution is 6.13. The van der Waals surface area contributed by atoms with Gasteiger partial charge in [0.1, 0.15) is 11.5 Å². The van der Waals surface area contributed by atoms with Crippen LogP contribution in [0.15, 0.2) is 36.4 Å². The Kier molecular flexibility index (Phi) is 25.9. The molecule has 0 heterocycles. The highest BCUT2D eigenvalue weighted by Gasteiger charge is 2.23. The molecule has 0 aliphatic carbocycles. The molecule has 3 rings (SSSR count). The predicted molar refractivity (Wildman–Crippen MR) is 235 cm³/mol. The summed E-state index contributed by atoms with van der Waals surface area (Å²) in [6, 6.07) is 13.0. The first-order chi connectivity index (χ1) is 26.8. The minimum atomic E-state index is 0.679. The van der Waals surface area contributed by atoms with Crippen LogP contribution < -0.4 is 18.9 Å². The van der Waals surface area contributed by atoms with Gasteiger partial charge in [0.05, 0.1) is 31.8 Å². The number of fused-ring (bicyclic) bond motifs is 2. The molecule has 0 saturated heterocycles. The van der Waals surface area contributed by atoms with Crippen LogP contribution >= 0.6 is 0 Å². The zero-order chi connectivity index (χ0) is 38.3. The van der Waals surface area contributed by atoms with E-state index in [9.17, 15) is 0 Å². The maximum atomic E-state index is 6.88. The molecule has 0 atom stereocenters. The Morgan fingerprint density at radius 2 is 0.630 bits per heavy atom. The van der Waals surface area contributed by atoms with Crippen molar-refractivity contribution in [3.63, 3.8) is 0 Å². The van der Waals surface area contributed by atoms with Gasteiger partial charge < -0.3 is 18.9 Å². The van der Waals surface area contributed by atoms with Crippen LogP contribution in [0.2, 0.25) is 0 Å². The van der Waals surface area contributed by atoms with Crippen molar-refractivity contribution < 1.29 is 18.9 Å². The minimum absolute atomic E-state index is 0.679. The van der Waals surface area contributed by atoms with Gasteiger partial charge in [-0.1, -0.05) is 206 Å². The van der Waals surface area contributed by atoms with Crippen molar-refractivity contribution in [1.29, 1.82) is 0 Å². The molecule has 0 amide bonds. The quantitative estimate of drug-likeness (QED) is 0.0438. The number of unbranched alkanes of at least 4 members (excludes halogenated alkanes) is 24. The van der Waals surface area contributed by atoms with Gasteiger partial charge in [0.25, 0.3) is 0 Å². The highest BCUT2D eigenvalue weighted by atomic mass is 16.5. The molecule has 0 spiro atoms. The zero-order valence-corrected chi connectivity index (χ0v) is 35.7. The summed E-state index contributed by atoms with van der Waals surface area (Å²) in [5, 5.41) is 4.32. The van der Waals surface area contributed by atoms with Crippen molar-refractivity contribution in [2.24, 2.45) is 0 Å². The molecule has 54 heavy (non-hydrogen) atoms. The van der Waals surface area contributed by atoms with Crippen LogP contribution in [0.4, 0.5) is 0 Å². The number of hydrogen-bond acceptors (Lipinski definition) is 4. The topological polar surface area (TPSA) is 36.9 Å². The van der Waals surface area contributed by atoms with Crippen LogP contribution in [-0.2, 0) is 0 Å². The lowest BCUT2D eigenvalue weighted by Crippen LogP contribution is -2.06. The van der Waals surface area contributed by atoms with Crippen molar-refractivity contribution in [3.05, 3.63) is 36.4 Å². The van der Waals surface area contributed by atoms with E-state index < -0.39 is 0 Å². The molecule has 0 unspecified atom stereocenters. The van der Waals surface area contributed by atoms with Gasteiger partial charge in [-0.15, -0.1) is 0 Å². The Morgan fingerprint density at radius 3 is 1.06 bits per heavy atom. The largest absolute Gasteiger partial charge is 0.492 e. The first-order valence-corrected chi connectivity index (χ1v) is 23.3. The molecule has 306 valence electrons. The maximum Gasteiger partial charge on any atom is 0.172 e. The third-order valence-electron chi connectivity index (χ3n) is 11.0. The normalized spacial score (nSPS) is 11.5. The molecule has 3 aromatic rings. The Balaban J connectivity index is 1.91. The lowest BCUT2D eigenvalue weighted by molar-refractivity contribution is 0.259. The highest BCUT2D eigenvalue weighted by Crippen LogP contribution is 2.50. The molecule has 0 radical (unpaired) electrons. The molecule has 4 nitrogen and oxygen atoms in total. The first kappa shape index (κ1) is 45.8. The molecular formula is C50H82O4. The molecule has 0 saturated carbocycles. The third-order valence-corrected chi connectivity index (χ3v) is 11.0. The molecule has 0 aromatic heterocycles. The Labute approximate surface area is 332 Å². The van der Waals surface area contributed by atoms with E-state index in [4.69, 9.17) is 18.9 Å². The Bertz CT molecular complexity index is 1350. The second-order valence-corrected chi connectivity index (χ2v) is 15.9. The van der Waals surface area contributed by atoms with Crippen LogP contribution in [-0.4, -0.2) is 26.4 Å². The van der Waals surface area contributed by atoms with Crippen molar-refractivity contribution in [2.75, 3.05) is 26.4 Å². The van der Waals surface area contributed by atoms with Gasteiger partial charge in [-0.2, -0.15) is 0 Å². The van der Waals surface area contributed by atoms with Crippen LogP contribution in [0.5, 0.6) is 23.0 Å². The van der Waals surface area contributed by atoms with Gasteiger partial charge >= 0.3 is 0 Å². The van der Waals surface area contributed by atoms with Gasteiger partial charge in [-0.05, 0) is 37.8 Å². The summed E-state index contributed by atoms with van der Waals surface area (Å²) in [6.07, 6.45) is 35.3.